The topological polar surface area (TPSA) is 75.3 Å². The highest BCUT2D eigenvalue weighted by atomic mass is 35.5. The molecule has 7 heteroatoms. The standard InChI is InChI=1S/C13H19ClN2O3S/c1-10(2)13(17)16-12-5-3-4-11(8-12)9-15-20(18,19)7-6-14/h3-5,8,10,15H,6-7,9H2,1-2H3,(H,16,17). The lowest BCUT2D eigenvalue weighted by molar-refractivity contribution is -0.118. The Balaban J connectivity index is 2.67. The molecular formula is C13H19ClN2O3S. The van der Waals surface area contributed by atoms with Crippen LogP contribution < -0.4 is 10.0 Å². The first kappa shape index (κ1) is 16.9. The number of hydrogen-bond acceptors (Lipinski definition) is 3. The molecule has 0 heterocycles. The van der Waals surface area contributed by atoms with Crippen molar-refractivity contribution in [2.24, 2.45) is 5.92 Å². The van der Waals surface area contributed by atoms with Gasteiger partial charge in [-0.15, -0.1) is 11.6 Å². The van der Waals surface area contributed by atoms with Gasteiger partial charge in [0.05, 0.1) is 5.75 Å². The van der Waals surface area contributed by atoms with Crippen LogP contribution in [0.3, 0.4) is 0 Å². The molecule has 0 saturated heterocycles. The van der Waals surface area contributed by atoms with Gasteiger partial charge in [0.1, 0.15) is 0 Å². The molecule has 1 amide bonds. The van der Waals surface area contributed by atoms with E-state index in [9.17, 15) is 13.2 Å². The minimum Gasteiger partial charge on any atom is -0.326 e. The van der Waals surface area contributed by atoms with Gasteiger partial charge < -0.3 is 5.32 Å². The number of nitrogens with one attached hydrogen (secondary N) is 2. The van der Waals surface area contributed by atoms with E-state index in [2.05, 4.69) is 10.0 Å². The predicted molar refractivity (Wildman–Crippen MR) is 81.3 cm³/mol. The summed E-state index contributed by atoms with van der Waals surface area (Å²) in [6.07, 6.45) is 0. The maximum absolute atomic E-state index is 11.6. The fourth-order valence-electron chi connectivity index (χ4n) is 1.41. The van der Waals surface area contributed by atoms with Crippen molar-refractivity contribution < 1.29 is 13.2 Å². The van der Waals surface area contributed by atoms with Crippen LogP contribution in [0.4, 0.5) is 5.69 Å². The van der Waals surface area contributed by atoms with Crippen LogP contribution in [-0.4, -0.2) is 26.0 Å². The molecule has 0 aliphatic heterocycles. The molecule has 112 valence electrons. The SMILES string of the molecule is CC(C)C(=O)Nc1cccc(CNS(=O)(=O)CCCl)c1. The molecule has 5 nitrogen and oxygen atoms in total. The van der Waals surface area contributed by atoms with Crippen molar-refractivity contribution in [1.29, 1.82) is 0 Å². The number of alkyl halides is 1. The molecule has 0 aromatic heterocycles. The number of benzene rings is 1. The Morgan fingerprint density at radius 3 is 2.65 bits per heavy atom. The van der Waals surface area contributed by atoms with E-state index < -0.39 is 10.0 Å². The van der Waals surface area contributed by atoms with Crippen LogP contribution in [0, 0.1) is 5.92 Å². The molecule has 20 heavy (non-hydrogen) atoms. The largest absolute Gasteiger partial charge is 0.326 e. The van der Waals surface area contributed by atoms with Gasteiger partial charge in [-0.25, -0.2) is 13.1 Å². The highest BCUT2D eigenvalue weighted by molar-refractivity contribution is 7.89. The van der Waals surface area contributed by atoms with Crippen LogP contribution in [0.1, 0.15) is 19.4 Å². The van der Waals surface area contributed by atoms with Gasteiger partial charge in [-0.2, -0.15) is 0 Å². The Kier molecular flexibility index (Phi) is 6.45. The summed E-state index contributed by atoms with van der Waals surface area (Å²) in [4.78, 5) is 11.6. The second-order valence-electron chi connectivity index (χ2n) is 4.67. The van der Waals surface area contributed by atoms with Crippen molar-refractivity contribution in [3.05, 3.63) is 29.8 Å². The number of anilines is 1. The maximum atomic E-state index is 11.6. The normalized spacial score (nSPS) is 11.6. The molecule has 0 bridgehead atoms. The number of carbonyl (C=O) groups is 1. The Morgan fingerprint density at radius 1 is 1.35 bits per heavy atom. The lowest BCUT2D eigenvalue weighted by Crippen LogP contribution is -2.26. The number of carbonyl (C=O) groups excluding carboxylic acids is 1. The van der Waals surface area contributed by atoms with Crippen molar-refractivity contribution in [2.75, 3.05) is 16.9 Å². The smallest absolute Gasteiger partial charge is 0.226 e. The molecule has 1 aromatic carbocycles. The van der Waals surface area contributed by atoms with Crippen molar-refractivity contribution in [3.8, 4) is 0 Å². The quantitative estimate of drug-likeness (QED) is 0.754. The first-order valence-corrected chi connectivity index (χ1v) is 8.46. The summed E-state index contributed by atoms with van der Waals surface area (Å²) in [5.74, 6) is -0.247. The molecule has 0 unspecified atom stereocenters. The minimum atomic E-state index is -3.35. The van der Waals surface area contributed by atoms with E-state index in [4.69, 9.17) is 11.6 Å². The van der Waals surface area contributed by atoms with E-state index in [0.29, 0.717) is 5.69 Å². The van der Waals surface area contributed by atoms with Crippen LogP contribution in [0.2, 0.25) is 0 Å². The van der Waals surface area contributed by atoms with Crippen LogP contribution in [0.5, 0.6) is 0 Å². The average Bonchev–Trinajstić information content (AvgIpc) is 2.37. The summed E-state index contributed by atoms with van der Waals surface area (Å²) in [6.45, 7) is 3.78. The molecule has 0 spiro atoms. The van der Waals surface area contributed by atoms with Gasteiger partial charge in [-0.05, 0) is 17.7 Å². The van der Waals surface area contributed by atoms with E-state index in [1.807, 2.05) is 0 Å². The van der Waals surface area contributed by atoms with E-state index in [1.165, 1.54) is 0 Å². The molecule has 2 N–H and O–H groups in total. The summed E-state index contributed by atoms with van der Waals surface area (Å²) < 4.78 is 25.4. The third-order valence-electron chi connectivity index (χ3n) is 2.56. The number of hydrogen-bond donors (Lipinski definition) is 2. The van der Waals surface area contributed by atoms with E-state index in [1.54, 1.807) is 38.1 Å². The fraction of sp³-hybridized carbons (Fsp3) is 0.462. The summed E-state index contributed by atoms with van der Waals surface area (Å²) in [7, 11) is -3.35. The van der Waals surface area contributed by atoms with E-state index >= 15 is 0 Å². The number of rotatable bonds is 7. The second kappa shape index (κ2) is 7.61. The zero-order valence-corrected chi connectivity index (χ0v) is 13.1. The van der Waals surface area contributed by atoms with E-state index in [-0.39, 0.29) is 30.0 Å². The van der Waals surface area contributed by atoms with Crippen LogP contribution in [-0.2, 0) is 21.4 Å². The lowest BCUT2D eigenvalue weighted by atomic mass is 10.1. The Morgan fingerprint density at radius 2 is 2.05 bits per heavy atom. The molecule has 0 aliphatic carbocycles. The number of sulfonamides is 1. The number of halogens is 1. The second-order valence-corrected chi connectivity index (χ2v) is 6.98. The molecule has 1 aromatic rings. The van der Waals surface area contributed by atoms with Crippen molar-refractivity contribution >= 4 is 33.2 Å². The van der Waals surface area contributed by atoms with Crippen LogP contribution >= 0.6 is 11.6 Å². The number of amides is 1. The molecule has 0 atom stereocenters. The van der Waals surface area contributed by atoms with Gasteiger partial charge in [0, 0.05) is 24.0 Å². The Bertz CT molecular complexity index is 558. The average molecular weight is 319 g/mol. The third kappa shape index (κ3) is 5.90. The van der Waals surface area contributed by atoms with Crippen molar-refractivity contribution in [1.82, 2.24) is 4.72 Å². The Hall–Kier alpha value is -1.11. The van der Waals surface area contributed by atoms with Gasteiger partial charge in [0.2, 0.25) is 15.9 Å². The van der Waals surface area contributed by atoms with Gasteiger partial charge >= 0.3 is 0 Å². The minimum absolute atomic E-state index is 0.0554. The highest BCUT2D eigenvalue weighted by Gasteiger charge is 2.10. The van der Waals surface area contributed by atoms with E-state index in [0.717, 1.165) is 5.56 Å². The monoisotopic (exact) mass is 318 g/mol. The molecule has 1 rings (SSSR count). The first-order chi connectivity index (χ1) is 9.34. The molecular weight excluding hydrogens is 300 g/mol. The van der Waals surface area contributed by atoms with Gasteiger partial charge in [-0.1, -0.05) is 26.0 Å². The van der Waals surface area contributed by atoms with Crippen molar-refractivity contribution in [2.45, 2.75) is 20.4 Å². The zero-order valence-electron chi connectivity index (χ0n) is 11.5. The third-order valence-corrected chi connectivity index (χ3v) is 4.30. The van der Waals surface area contributed by atoms with Crippen LogP contribution in [0.25, 0.3) is 0 Å². The fourth-order valence-corrected chi connectivity index (χ4v) is 2.76. The maximum Gasteiger partial charge on any atom is 0.226 e. The zero-order chi connectivity index (χ0) is 15.2. The molecule has 0 saturated carbocycles. The Labute approximate surface area is 124 Å². The van der Waals surface area contributed by atoms with Crippen molar-refractivity contribution in [3.63, 3.8) is 0 Å². The first-order valence-electron chi connectivity index (χ1n) is 6.27. The summed E-state index contributed by atoms with van der Waals surface area (Å²) in [5.41, 5.74) is 1.42. The van der Waals surface area contributed by atoms with Crippen LogP contribution in [0.15, 0.2) is 24.3 Å². The summed E-state index contributed by atoms with van der Waals surface area (Å²) in [6, 6.07) is 7.05. The molecule has 0 aliphatic rings. The lowest BCUT2D eigenvalue weighted by Gasteiger charge is -2.10. The summed E-state index contributed by atoms with van der Waals surface area (Å²) >= 11 is 5.41. The highest BCUT2D eigenvalue weighted by Crippen LogP contribution is 2.12. The van der Waals surface area contributed by atoms with Gasteiger partial charge in [0.15, 0.2) is 0 Å². The predicted octanol–water partition coefficient (Wildman–Crippen LogP) is 1.94. The molecule has 0 radical (unpaired) electrons. The molecule has 0 fully saturated rings. The van der Waals surface area contributed by atoms with Gasteiger partial charge in [-0.3, -0.25) is 4.79 Å². The van der Waals surface area contributed by atoms with Gasteiger partial charge in [0.25, 0.3) is 0 Å². The summed E-state index contributed by atoms with van der Waals surface area (Å²) in [5, 5.41) is 2.77.